The number of Topliss-reactive ketones (excluding diaryl/α,β-unsaturated/α-hetero) is 1. The van der Waals surface area contributed by atoms with Gasteiger partial charge in [0.2, 0.25) is 0 Å². The van der Waals surface area contributed by atoms with Gasteiger partial charge in [-0.2, -0.15) is 0 Å². The third-order valence-corrected chi connectivity index (χ3v) is 4.04. The smallest absolute Gasteiger partial charge is 0.173 e. The molecule has 1 aliphatic rings. The fourth-order valence-electron chi connectivity index (χ4n) is 2.65. The summed E-state index contributed by atoms with van der Waals surface area (Å²) in [6.07, 6.45) is 11.5. The Balaban J connectivity index is 1.93. The second kappa shape index (κ2) is 7.92. The normalized spacial score (nSPS) is 17.9. The van der Waals surface area contributed by atoms with E-state index in [2.05, 4.69) is 24.1 Å². The molecule has 2 heteroatoms. The summed E-state index contributed by atoms with van der Waals surface area (Å²) in [5.74, 6) is 0.108. The van der Waals surface area contributed by atoms with Gasteiger partial charge in [-0.15, -0.1) is 0 Å². The summed E-state index contributed by atoms with van der Waals surface area (Å²) < 4.78 is 0. The van der Waals surface area contributed by atoms with E-state index >= 15 is 0 Å². The van der Waals surface area contributed by atoms with E-state index in [9.17, 15) is 4.79 Å². The molecule has 0 fully saturated rings. The van der Waals surface area contributed by atoms with Gasteiger partial charge in [-0.3, -0.25) is 9.79 Å². The van der Waals surface area contributed by atoms with E-state index < -0.39 is 0 Å². The monoisotopic (exact) mass is 283 g/mol. The average Bonchev–Trinajstić information content (AvgIpc) is 2.51. The van der Waals surface area contributed by atoms with Crippen molar-refractivity contribution in [1.29, 1.82) is 0 Å². The maximum atomic E-state index is 12.3. The molecule has 1 unspecified atom stereocenters. The van der Waals surface area contributed by atoms with Gasteiger partial charge in [0.1, 0.15) is 0 Å². The number of benzene rings is 1. The van der Waals surface area contributed by atoms with Gasteiger partial charge in [-0.05, 0) is 31.9 Å². The SMILES string of the molecule is CCCCCC/C=C/CC1=Nc2ccccc2C(=O)C1C. The number of carbonyl (C=O) groups is 1. The first-order chi connectivity index (χ1) is 10.2. The Morgan fingerprint density at radius 2 is 1.95 bits per heavy atom. The lowest BCUT2D eigenvalue weighted by molar-refractivity contribution is 0.0959. The highest BCUT2D eigenvalue weighted by Crippen LogP contribution is 2.29. The highest BCUT2D eigenvalue weighted by Gasteiger charge is 2.26. The van der Waals surface area contributed by atoms with E-state index in [1.165, 1.54) is 25.7 Å². The second-order valence-corrected chi connectivity index (χ2v) is 5.73. The van der Waals surface area contributed by atoms with Crippen LogP contribution in [0.2, 0.25) is 0 Å². The van der Waals surface area contributed by atoms with Crippen molar-refractivity contribution in [2.75, 3.05) is 0 Å². The number of ketones is 1. The summed E-state index contributed by atoms with van der Waals surface area (Å²) >= 11 is 0. The average molecular weight is 283 g/mol. The standard InChI is InChI=1S/C19H25NO/c1-3-4-5-6-7-8-9-13-17-15(2)19(21)16-12-10-11-14-18(16)20-17/h8-12,14-15H,3-7,13H2,1-2H3/b9-8+. The molecule has 2 rings (SSSR count). The van der Waals surface area contributed by atoms with Crippen molar-refractivity contribution in [2.24, 2.45) is 10.9 Å². The number of nitrogens with zero attached hydrogens (tertiary/aromatic N) is 1. The molecule has 0 saturated heterocycles. The van der Waals surface area contributed by atoms with Crippen LogP contribution in [0.4, 0.5) is 5.69 Å². The number of aliphatic imine (C=N–C) groups is 1. The molecule has 1 aliphatic heterocycles. The van der Waals surface area contributed by atoms with Crippen LogP contribution in [-0.4, -0.2) is 11.5 Å². The van der Waals surface area contributed by atoms with Gasteiger partial charge >= 0.3 is 0 Å². The Morgan fingerprint density at radius 1 is 1.14 bits per heavy atom. The van der Waals surface area contributed by atoms with Crippen molar-refractivity contribution in [3.63, 3.8) is 0 Å². The van der Waals surface area contributed by atoms with Gasteiger partial charge in [0.25, 0.3) is 0 Å². The number of fused-ring (bicyclic) bond motifs is 1. The minimum atomic E-state index is -0.0929. The minimum Gasteiger partial charge on any atom is -0.293 e. The Bertz CT molecular complexity index is 542. The molecule has 1 atom stereocenters. The lowest BCUT2D eigenvalue weighted by Gasteiger charge is -2.19. The Kier molecular flexibility index (Phi) is 5.91. The predicted octanol–water partition coefficient (Wildman–Crippen LogP) is 5.51. The quantitative estimate of drug-likeness (QED) is 0.479. The van der Waals surface area contributed by atoms with E-state index in [1.807, 2.05) is 31.2 Å². The van der Waals surface area contributed by atoms with Crippen LogP contribution >= 0.6 is 0 Å². The van der Waals surface area contributed by atoms with Crippen LogP contribution in [-0.2, 0) is 0 Å². The van der Waals surface area contributed by atoms with Crippen molar-refractivity contribution in [1.82, 2.24) is 0 Å². The Hall–Kier alpha value is -1.70. The molecule has 0 bridgehead atoms. The first-order valence-corrected chi connectivity index (χ1v) is 8.09. The largest absolute Gasteiger partial charge is 0.293 e. The molecular formula is C19H25NO. The molecule has 0 spiro atoms. The predicted molar refractivity (Wildman–Crippen MR) is 89.5 cm³/mol. The van der Waals surface area contributed by atoms with E-state index in [-0.39, 0.29) is 11.7 Å². The van der Waals surface area contributed by atoms with Gasteiger partial charge in [-0.25, -0.2) is 0 Å². The zero-order valence-corrected chi connectivity index (χ0v) is 13.1. The molecular weight excluding hydrogens is 258 g/mol. The molecule has 112 valence electrons. The summed E-state index contributed by atoms with van der Waals surface area (Å²) in [5, 5.41) is 0. The number of rotatable bonds is 7. The summed E-state index contributed by atoms with van der Waals surface area (Å²) in [4.78, 5) is 17.0. The Morgan fingerprint density at radius 3 is 2.76 bits per heavy atom. The molecule has 0 aliphatic carbocycles. The second-order valence-electron chi connectivity index (χ2n) is 5.73. The van der Waals surface area contributed by atoms with E-state index in [4.69, 9.17) is 0 Å². The molecule has 0 aromatic heterocycles. The Labute approximate surface area is 128 Å². The maximum Gasteiger partial charge on any atom is 0.173 e. The van der Waals surface area contributed by atoms with Crippen LogP contribution in [0.3, 0.4) is 0 Å². The number of allylic oxidation sites excluding steroid dienone is 2. The number of carbonyl (C=O) groups excluding carboxylic acids is 1. The van der Waals surface area contributed by atoms with Crippen LogP contribution < -0.4 is 0 Å². The molecule has 0 radical (unpaired) electrons. The van der Waals surface area contributed by atoms with Gasteiger partial charge in [0.15, 0.2) is 5.78 Å². The molecule has 0 amide bonds. The van der Waals surface area contributed by atoms with Crippen molar-refractivity contribution in [2.45, 2.75) is 52.4 Å². The topological polar surface area (TPSA) is 29.4 Å². The summed E-state index contributed by atoms with van der Waals surface area (Å²) in [6, 6.07) is 7.64. The highest BCUT2D eigenvalue weighted by atomic mass is 16.1. The first kappa shape index (κ1) is 15.7. The molecule has 0 saturated carbocycles. The fraction of sp³-hybridized carbons (Fsp3) is 0.474. The van der Waals surface area contributed by atoms with Crippen LogP contribution in [0.15, 0.2) is 41.4 Å². The summed E-state index contributed by atoms with van der Waals surface area (Å²) in [5.41, 5.74) is 2.58. The maximum absolute atomic E-state index is 12.3. The number of hydrogen-bond acceptors (Lipinski definition) is 2. The molecule has 1 aromatic rings. The van der Waals surface area contributed by atoms with Crippen molar-refractivity contribution < 1.29 is 4.79 Å². The van der Waals surface area contributed by atoms with Crippen LogP contribution in [0.5, 0.6) is 0 Å². The minimum absolute atomic E-state index is 0.0929. The van der Waals surface area contributed by atoms with Crippen molar-refractivity contribution in [3.05, 3.63) is 42.0 Å². The van der Waals surface area contributed by atoms with Crippen LogP contribution in [0.1, 0.15) is 62.7 Å². The number of unbranched alkanes of at least 4 members (excludes halogenated alkanes) is 4. The molecule has 1 aromatic carbocycles. The lowest BCUT2D eigenvalue weighted by Crippen LogP contribution is -2.24. The molecule has 0 N–H and O–H groups in total. The van der Waals surface area contributed by atoms with E-state index in [0.717, 1.165) is 29.8 Å². The lowest BCUT2D eigenvalue weighted by atomic mass is 9.89. The summed E-state index contributed by atoms with van der Waals surface area (Å²) in [6.45, 7) is 4.19. The number of hydrogen-bond donors (Lipinski definition) is 0. The first-order valence-electron chi connectivity index (χ1n) is 8.09. The van der Waals surface area contributed by atoms with Gasteiger partial charge in [0, 0.05) is 17.7 Å². The number of para-hydroxylation sites is 1. The van der Waals surface area contributed by atoms with Crippen molar-refractivity contribution >= 4 is 17.2 Å². The van der Waals surface area contributed by atoms with Gasteiger partial charge < -0.3 is 0 Å². The molecule has 21 heavy (non-hydrogen) atoms. The third kappa shape index (κ3) is 4.13. The fourth-order valence-corrected chi connectivity index (χ4v) is 2.65. The third-order valence-electron chi connectivity index (χ3n) is 4.04. The van der Waals surface area contributed by atoms with Crippen LogP contribution in [0, 0.1) is 5.92 Å². The zero-order chi connectivity index (χ0) is 15.1. The van der Waals surface area contributed by atoms with Crippen LogP contribution in [0.25, 0.3) is 0 Å². The van der Waals surface area contributed by atoms with E-state index in [1.54, 1.807) is 0 Å². The zero-order valence-electron chi connectivity index (χ0n) is 13.1. The molecule has 1 heterocycles. The van der Waals surface area contributed by atoms with E-state index in [0.29, 0.717) is 0 Å². The highest BCUT2D eigenvalue weighted by molar-refractivity contribution is 6.18. The van der Waals surface area contributed by atoms with Gasteiger partial charge in [0.05, 0.1) is 11.6 Å². The summed E-state index contributed by atoms with van der Waals surface area (Å²) in [7, 11) is 0. The van der Waals surface area contributed by atoms with Gasteiger partial charge in [-0.1, -0.05) is 50.5 Å². The molecule has 2 nitrogen and oxygen atoms in total. The van der Waals surface area contributed by atoms with Crippen molar-refractivity contribution in [3.8, 4) is 0 Å².